The van der Waals surface area contributed by atoms with Gasteiger partial charge in [0.15, 0.2) is 0 Å². The molecular weight excluding hydrogens is 244 g/mol. The van der Waals surface area contributed by atoms with Crippen LogP contribution in [0.25, 0.3) is 0 Å². The number of hydrogen-bond acceptors (Lipinski definition) is 2. The van der Waals surface area contributed by atoms with Gasteiger partial charge in [-0.25, -0.2) is 4.98 Å². The Labute approximate surface area is 113 Å². The van der Waals surface area contributed by atoms with Crippen LogP contribution in [0, 0.1) is 6.92 Å². The Morgan fingerprint density at radius 1 is 1.00 bits per heavy atom. The molecule has 1 heterocycles. The highest BCUT2D eigenvalue weighted by Crippen LogP contribution is 2.10. The van der Waals surface area contributed by atoms with E-state index in [0.29, 0.717) is 5.15 Å². The van der Waals surface area contributed by atoms with Crippen molar-refractivity contribution in [2.75, 3.05) is 7.05 Å². The van der Waals surface area contributed by atoms with Gasteiger partial charge in [0.05, 0.1) is 0 Å². The Morgan fingerprint density at radius 3 is 2.22 bits per heavy atom. The maximum absolute atomic E-state index is 5.77. The summed E-state index contributed by atoms with van der Waals surface area (Å²) in [5.41, 5.74) is 3.79. The van der Waals surface area contributed by atoms with Crippen molar-refractivity contribution in [3.8, 4) is 0 Å². The molecule has 3 heteroatoms. The fraction of sp³-hybridized carbons (Fsp3) is 0.267. The van der Waals surface area contributed by atoms with Crippen molar-refractivity contribution in [2.24, 2.45) is 0 Å². The Bertz CT molecular complexity index is 443. The lowest BCUT2D eigenvalue weighted by Crippen LogP contribution is -2.17. The van der Waals surface area contributed by atoms with Gasteiger partial charge in [-0.1, -0.05) is 47.5 Å². The monoisotopic (exact) mass is 260 g/mol. The Balaban J connectivity index is 1.94. The van der Waals surface area contributed by atoms with Crippen LogP contribution in [0.5, 0.6) is 0 Å². The van der Waals surface area contributed by atoms with Gasteiger partial charge in [0, 0.05) is 19.3 Å². The molecule has 0 fully saturated rings. The largest absolute Gasteiger partial charge is 0.298 e. The highest BCUT2D eigenvalue weighted by Gasteiger charge is 2.02. The Morgan fingerprint density at radius 2 is 1.61 bits per heavy atom. The third kappa shape index (κ3) is 3.83. The summed E-state index contributed by atoms with van der Waals surface area (Å²) in [7, 11) is 2.11. The van der Waals surface area contributed by atoms with Crippen molar-refractivity contribution in [1.29, 1.82) is 0 Å². The number of pyridine rings is 1. The van der Waals surface area contributed by atoms with E-state index in [4.69, 9.17) is 11.6 Å². The first kappa shape index (κ1) is 13.1. The smallest absolute Gasteiger partial charge is 0.129 e. The topological polar surface area (TPSA) is 16.1 Å². The third-order valence-corrected chi connectivity index (χ3v) is 3.04. The van der Waals surface area contributed by atoms with Crippen molar-refractivity contribution in [3.63, 3.8) is 0 Å². The number of nitrogens with zero attached hydrogens (tertiary/aromatic N) is 2. The SMILES string of the molecule is Cc1ccc(CN(C)Cc2ccc(Cl)nc2)cc1. The fourth-order valence-electron chi connectivity index (χ4n) is 1.87. The van der Waals surface area contributed by atoms with E-state index in [1.807, 2.05) is 18.3 Å². The van der Waals surface area contributed by atoms with E-state index in [9.17, 15) is 0 Å². The van der Waals surface area contributed by atoms with Gasteiger partial charge >= 0.3 is 0 Å². The summed E-state index contributed by atoms with van der Waals surface area (Å²) in [6.45, 7) is 3.91. The molecule has 0 saturated heterocycles. The number of hydrogen-bond donors (Lipinski definition) is 0. The lowest BCUT2D eigenvalue weighted by Gasteiger charge is -2.16. The van der Waals surface area contributed by atoms with E-state index in [2.05, 4.69) is 48.1 Å². The molecule has 0 aliphatic carbocycles. The van der Waals surface area contributed by atoms with E-state index >= 15 is 0 Å². The van der Waals surface area contributed by atoms with Crippen LogP contribution in [0.4, 0.5) is 0 Å². The molecule has 0 saturated carbocycles. The fourth-order valence-corrected chi connectivity index (χ4v) is 1.98. The zero-order valence-electron chi connectivity index (χ0n) is 10.7. The van der Waals surface area contributed by atoms with Gasteiger partial charge in [-0.2, -0.15) is 0 Å². The molecule has 0 N–H and O–H groups in total. The van der Waals surface area contributed by atoms with Crippen molar-refractivity contribution in [3.05, 3.63) is 64.4 Å². The number of aromatic nitrogens is 1. The van der Waals surface area contributed by atoms with Gasteiger partial charge in [0.2, 0.25) is 0 Å². The normalized spacial score (nSPS) is 10.9. The molecule has 0 aliphatic heterocycles. The minimum Gasteiger partial charge on any atom is -0.298 e. The standard InChI is InChI=1S/C15H17ClN2/c1-12-3-5-13(6-4-12)10-18(2)11-14-7-8-15(16)17-9-14/h3-9H,10-11H2,1-2H3. The van der Waals surface area contributed by atoms with Crippen LogP contribution in [0.15, 0.2) is 42.6 Å². The number of halogens is 1. The molecule has 0 atom stereocenters. The molecule has 0 aliphatic rings. The quantitative estimate of drug-likeness (QED) is 0.780. The average Bonchev–Trinajstić information content (AvgIpc) is 2.35. The van der Waals surface area contributed by atoms with Crippen LogP contribution in [0.2, 0.25) is 5.15 Å². The third-order valence-electron chi connectivity index (χ3n) is 2.81. The summed E-state index contributed by atoms with van der Waals surface area (Å²) in [5.74, 6) is 0. The van der Waals surface area contributed by atoms with Crippen LogP contribution in [0.1, 0.15) is 16.7 Å². The molecular formula is C15H17ClN2. The van der Waals surface area contributed by atoms with Crippen molar-refractivity contribution >= 4 is 11.6 Å². The van der Waals surface area contributed by atoms with Gasteiger partial charge in [0.25, 0.3) is 0 Å². The van der Waals surface area contributed by atoms with E-state index in [0.717, 1.165) is 13.1 Å². The lowest BCUT2D eigenvalue weighted by molar-refractivity contribution is 0.318. The van der Waals surface area contributed by atoms with Crippen LogP contribution < -0.4 is 0 Å². The maximum atomic E-state index is 5.77. The summed E-state index contributed by atoms with van der Waals surface area (Å²) in [4.78, 5) is 6.35. The molecule has 2 nitrogen and oxygen atoms in total. The predicted molar refractivity (Wildman–Crippen MR) is 75.6 cm³/mol. The maximum Gasteiger partial charge on any atom is 0.129 e. The number of benzene rings is 1. The van der Waals surface area contributed by atoms with Crippen LogP contribution in [-0.2, 0) is 13.1 Å². The summed E-state index contributed by atoms with van der Waals surface area (Å²) < 4.78 is 0. The van der Waals surface area contributed by atoms with Gasteiger partial charge in [0.1, 0.15) is 5.15 Å². The summed E-state index contributed by atoms with van der Waals surface area (Å²) in [6.07, 6.45) is 1.83. The molecule has 2 aromatic rings. The van der Waals surface area contributed by atoms with Crippen molar-refractivity contribution in [1.82, 2.24) is 9.88 Å². The van der Waals surface area contributed by atoms with Crippen molar-refractivity contribution in [2.45, 2.75) is 20.0 Å². The first-order valence-electron chi connectivity index (χ1n) is 5.98. The predicted octanol–water partition coefficient (Wildman–Crippen LogP) is 3.68. The molecule has 2 rings (SSSR count). The summed E-state index contributed by atoms with van der Waals surface area (Å²) >= 11 is 5.77. The van der Waals surface area contributed by atoms with E-state index in [1.54, 1.807) is 0 Å². The van der Waals surface area contributed by atoms with Gasteiger partial charge in [-0.05, 0) is 31.2 Å². The number of rotatable bonds is 4. The Hall–Kier alpha value is -1.38. The zero-order valence-corrected chi connectivity index (χ0v) is 11.5. The van der Waals surface area contributed by atoms with E-state index < -0.39 is 0 Å². The molecule has 0 radical (unpaired) electrons. The lowest BCUT2D eigenvalue weighted by atomic mass is 10.1. The first-order chi connectivity index (χ1) is 8.63. The van der Waals surface area contributed by atoms with E-state index in [1.165, 1.54) is 16.7 Å². The number of aryl methyl sites for hydroxylation is 1. The molecule has 94 valence electrons. The average molecular weight is 261 g/mol. The molecule has 1 aromatic heterocycles. The minimum atomic E-state index is 0.542. The second-order valence-electron chi connectivity index (χ2n) is 4.65. The molecule has 0 amide bonds. The van der Waals surface area contributed by atoms with Crippen LogP contribution in [0.3, 0.4) is 0 Å². The second kappa shape index (κ2) is 5.98. The molecule has 1 aromatic carbocycles. The minimum absolute atomic E-state index is 0.542. The van der Waals surface area contributed by atoms with Gasteiger partial charge < -0.3 is 0 Å². The Kier molecular flexibility index (Phi) is 4.34. The molecule has 0 unspecified atom stereocenters. The summed E-state index contributed by atoms with van der Waals surface area (Å²) in [5, 5.41) is 0.542. The van der Waals surface area contributed by atoms with Crippen molar-refractivity contribution < 1.29 is 0 Å². The first-order valence-corrected chi connectivity index (χ1v) is 6.36. The second-order valence-corrected chi connectivity index (χ2v) is 5.03. The highest BCUT2D eigenvalue weighted by molar-refractivity contribution is 6.29. The molecule has 0 spiro atoms. The van der Waals surface area contributed by atoms with Crippen LogP contribution in [-0.4, -0.2) is 16.9 Å². The molecule has 0 bridgehead atoms. The zero-order chi connectivity index (χ0) is 13.0. The highest BCUT2D eigenvalue weighted by atomic mass is 35.5. The van der Waals surface area contributed by atoms with Gasteiger partial charge in [-0.3, -0.25) is 4.90 Å². The van der Waals surface area contributed by atoms with E-state index in [-0.39, 0.29) is 0 Å². The van der Waals surface area contributed by atoms with Gasteiger partial charge in [-0.15, -0.1) is 0 Å². The summed E-state index contributed by atoms with van der Waals surface area (Å²) in [6, 6.07) is 12.5. The van der Waals surface area contributed by atoms with Crippen LogP contribution >= 0.6 is 11.6 Å². The molecule has 18 heavy (non-hydrogen) atoms.